The van der Waals surface area contributed by atoms with Crippen LogP contribution in [0.15, 0.2) is 18.6 Å². The lowest BCUT2D eigenvalue weighted by Crippen LogP contribution is -2.43. The summed E-state index contributed by atoms with van der Waals surface area (Å²) in [6, 6.07) is 0.142. The van der Waals surface area contributed by atoms with Crippen LogP contribution in [0.2, 0.25) is 0 Å². The molecule has 0 spiro atoms. The van der Waals surface area contributed by atoms with Gasteiger partial charge < -0.3 is 10.1 Å². The molecule has 1 atom stereocenters. The molecule has 2 heterocycles. The molecule has 1 saturated heterocycles. The first-order chi connectivity index (χ1) is 10.8. The third kappa shape index (κ3) is 5.59. The molecule has 1 fully saturated rings. The van der Waals surface area contributed by atoms with Crippen molar-refractivity contribution in [1.82, 2.24) is 20.2 Å². The largest absolute Gasteiger partial charge is 0.444 e. The van der Waals surface area contributed by atoms with E-state index in [4.69, 9.17) is 4.74 Å². The molecule has 0 aromatic carbocycles. The van der Waals surface area contributed by atoms with Crippen molar-refractivity contribution < 1.29 is 14.3 Å². The fraction of sp³-hybridized carbons (Fsp3) is 0.625. The van der Waals surface area contributed by atoms with E-state index in [1.807, 2.05) is 20.8 Å². The van der Waals surface area contributed by atoms with E-state index >= 15 is 0 Å². The van der Waals surface area contributed by atoms with Crippen LogP contribution >= 0.6 is 0 Å². The topological polar surface area (TPSA) is 84.4 Å². The Hall–Kier alpha value is -2.02. The number of amides is 1. The van der Waals surface area contributed by atoms with Crippen molar-refractivity contribution in [2.24, 2.45) is 0 Å². The van der Waals surface area contributed by atoms with Crippen molar-refractivity contribution in [1.29, 1.82) is 0 Å². The van der Waals surface area contributed by atoms with Crippen molar-refractivity contribution in [3.05, 3.63) is 24.3 Å². The molecule has 7 heteroatoms. The maximum Gasteiger partial charge on any atom is 0.407 e. The van der Waals surface area contributed by atoms with Gasteiger partial charge in [0.1, 0.15) is 11.3 Å². The van der Waals surface area contributed by atoms with E-state index in [1.165, 1.54) is 12.4 Å². The number of hydrogen-bond acceptors (Lipinski definition) is 6. The zero-order valence-electron chi connectivity index (χ0n) is 13.9. The number of likely N-dealkylation sites (tertiary alicyclic amines) is 1. The third-order valence-electron chi connectivity index (χ3n) is 3.58. The Balaban J connectivity index is 1.83. The summed E-state index contributed by atoms with van der Waals surface area (Å²) in [6.45, 7) is 7.09. The van der Waals surface area contributed by atoms with Gasteiger partial charge in [0.25, 0.3) is 0 Å². The number of ether oxygens (including phenoxy) is 1. The highest BCUT2D eigenvalue weighted by Crippen LogP contribution is 2.17. The third-order valence-corrected chi connectivity index (χ3v) is 3.58. The molecule has 0 aliphatic carbocycles. The molecule has 23 heavy (non-hydrogen) atoms. The van der Waals surface area contributed by atoms with E-state index in [2.05, 4.69) is 20.2 Å². The van der Waals surface area contributed by atoms with E-state index in [9.17, 15) is 9.59 Å². The first kappa shape index (κ1) is 17.3. The average molecular weight is 320 g/mol. The van der Waals surface area contributed by atoms with Gasteiger partial charge in [-0.2, -0.15) is 0 Å². The average Bonchev–Trinajstić information content (AvgIpc) is 2.91. The number of nitrogens with one attached hydrogen (secondary N) is 1. The Bertz CT molecular complexity index is 542. The molecule has 0 saturated carbocycles. The molecular formula is C16H24N4O3. The molecule has 1 N–H and O–H groups in total. The number of nitrogens with zero attached hydrogens (tertiary/aromatic N) is 3. The molecule has 0 bridgehead atoms. The van der Waals surface area contributed by atoms with E-state index in [1.54, 1.807) is 6.20 Å². The van der Waals surface area contributed by atoms with Crippen LogP contribution in [0.3, 0.4) is 0 Å². The molecule has 1 aromatic heterocycles. The lowest BCUT2D eigenvalue weighted by Gasteiger charge is -2.25. The number of alkyl carbamates (subject to hydrolysis) is 1. The number of carbonyl (C=O) groups is 2. The lowest BCUT2D eigenvalue weighted by molar-refractivity contribution is 0.0514. The van der Waals surface area contributed by atoms with Gasteiger partial charge in [-0.05, 0) is 40.2 Å². The van der Waals surface area contributed by atoms with Crippen LogP contribution in [-0.4, -0.2) is 58.0 Å². The van der Waals surface area contributed by atoms with Crippen LogP contribution in [-0.2, 0) is 4.74 Å². The minimum atomic E-state index is -0.513. The maximum atomic E-state index is 12.2. The van der Waals surface area contributed by atoms with Gasteiger partial charge in [0.2, 0.25) is 0 Å². The minimum absolute atomic E-state index is 0.0535. The predicted molar refractivity (Wildman–Crippen MR) is 85.2 cm³/mol. The summed E-state index contributed by atoms with van der Waals surface area (Å²) in [5, 5.41) is 2.78. The Kier molecular flexibility index (Phi) is 5.65. The number of carbonyl (C=O) groups excluding carboxylic acids is 2. The van der Waals surface area contributed by atoms with Crippen LogP contribution in [0.4, 0.5) is 4.79 Å². The quantitative estimate of drug-likeness (QED) is 0.830. The van der Waals surface area contributed by atoms with Gasteiger partial charge in [-0.15, -0.1) is 0 Å². The molecule has 1 aromatic rings. The van der Waals surface area contributed by atoms with Crippen molar-refractivity contribution in [2.75, 3.05) is 19.6 Å². The highest BCUT2D eigenvalue weighted by atomic mass is 16.6. The van der Waals surface area contributed by atoms with Gasteiger partial charge in [0.15, 0.2) is 5.78 Å². The number of aromatic nitrogens is 2. The summed E-state index contributed by atoms with van der Waals surface area (Å²) in [5.74, 6) is -0.0535. The summed E-state index contributed by atoms with van der Waals surface area (Å²) >= 11 is 0. The van der Waals surface area contributed by atoms with E-state index in [0.717, 1.165) is 19.4 Å². The molecule has 1 unspecified atom stereocenters. The fourth-order valence-electron chi connectivity index (χ4n) is 2.56. The summed E-state index contributed by atoms with van der Waals surface area (Å²) in [6.07, 6.45) is 6.06. The Labute approximate surface area is 136 Å². The van der Waals surface area contributed by atoms with Crippen LogP contribution < -0.4 is 5.32 Å². The normalized spacial score (nSPS) is 18.7. The van der Waals surface area contributed by atoms with Crippen LogP contribution in [0.5, 0.6) is 0 Å². The molecule has 1 aliphatic rings. The van der Waals surface area contributed by atoms with Crippen molar-refractivity contribution in [3.63, 3.8) is 0 Å². The molecular weight excluding hydrogens is 296 g/mol. The standard InChI is InChI=1S/C16H24N4O3/c1-16(2,3)23-15(22)19-9-12-5-4-8-20(12)11-14(21)13-10-17-6-7-18-13/h6-7,10,12H,4-5,8-9,11H2,1-3H3,(H,19,22). The second-order valence-electron chi connectivity index (χ2n) is 6.66. The molecule has 7 nitrogen and oxygen atoms in total. The summed E-state index contributed by atoms with van der Waals surface area (Å²) in [7, 11) is 0. The van der Waals surface area contributed by atoms with E-state index in [-0.39, 0.29) is 11.8 Å². The Morgan fingerprint density at radius 3 is 2.83 bits per heavy atom. The lowest BCUT2D eigenvalue weighted by atomic mass is 10.2. The first-order valence-corrected chi connectivity index (χ1v) is 7.85. The van der Waals surface area contributed by atoms with Crippen LogP contribution in [0, 0.1) is 0 Å². The van der Waals surface area contributed by atoms with E-state index < -0.39 is 11.7 Å². The number of Topliss-reactive ketones (excluding diaryl/α,β-unsaturated/α-hetero) is 1. The Morgan fingerprint density at radius 2 is 2.17 bits per heavy atom. The zero-order chi connectivity index (χ0) is 16.9. The number of hydrogen-bond donors (Lipinski definition) is 1. The van der Waals surface area contributed by atoms with E-state index in [0.29, 0.717) is 18.8 Å². The maximum absolute atomic E-state index is 12.2. The molecule has 0 radical (unpaired) electrons. The molecule has 2 rings (SSSR count). The SMILES string of the molecule is CC(C)(C)OC(=O)NCC1CCCN1CC(=O)c1cnccn1. The molecule has 1 amide bonds. The van der Waals surface area contributed by atoms with Gasteiger partial charge in [0, 0.05) is 25.0 Å². The Morgan fingerprint density at radius 1 is 1.39 bits per heavy atom. The number of ketones is 1. The van der Waals surface area contributed by atoms with Crippen LogP contribution in [0.1, 0.15) is 44.1 Å². The van der Waals surface area contributed by atoms with Gasteiger partial charge in [0.05, 0.1) is 12.7 Å². The molecule has 1 aliphatic heterocycles. The van der Waals surface area contributed by atoms with Gasteiger partial charge in [-0.3, -0.25) is 14.7 Å². The first-order valence-electron chi connectivity index (χ1n) is 7.85. The minimum Gasteiger partial charge on any atom is -0.444 e. The second kappa shape index (κ2) is 7.50. The number of rotatable bonds is 5. The van der Waals surface area contributed by atoms with Crippen molar-refractivity contribution >= 4 is 11.9 Å². The highest BCUT2D eigenvalue weighted by molar-refractivity contribution is 5.95. The smallest absolute Gasteiger partial charge is 0.407 e. The monoisotopic (exact) mass is 320 g/mol. The molecule has 126 valence electrons. The highest BCUT2D eigenvalue weighted by Gasteiger charge is 2.27. The fourth-order valence-corrected chi connectivity index (χ4v) is 2.56. The zero-order valence-corrected chi connectivity index (χ0v) is 13.9. The second-order valence-corrected chi connectivity index (χ2v) is 6.66. The summed E-state index contributed by atoms with van der Waals surface area (Å²) in [4.78, 5) is 34.0. The summed E-state index contributed by atoms with van der Waals surface area (Å²) < 4.78 is 5.23. The predicted octanol–water partition coefficient (Wildman–Crippen LogP) is 1.65. The van der Waals surface area contributed by atoms with Gasteiger partial charge >= 0.3 is 6.09 Å². The van der Waals surface area contributed by atoms with Gasteiger partial charge in [-0.25, -0.2) is 9.78 Å². The van der Waals surface area contributed by atoms with Crippen molar-refractivity contribution in [3.8, 4) is 0 Å². The van der Waals surface area contributed by atoms with Gasteiger partial charge in [-0.1, -0.05) is 0 Å². The summed E-state index contributed by atoms with van der Waals surface area (Å²) in [5.41, 5.74) is -0.139. The van der Waals surface area contributed by atoms with Crippen molar-refractivity contribution in [2.45, 2.75) is 45.3 Å². The van der Waals surface area contributed by atoms with Crippen LogP contribution in [0.25, 0.3) is 0 Å².